The molecule has 27 heavy (non-hydrogen) atoms. The van der Waals surface area contributed by atoms with Gasteiger partial charge in [-0.25, -0.2) is 0 Å². The maximum Gasteiger partial charge on any atom is 0.311 e. The minimum Gasteiger partial charge on any atom is -0.490 e. The Morgan fingerprint density at radius 3 is 2.59 bits per heavy atom. The predicted molar refractivity (Wildman–Crippen MR) is 111 cm³/mol. The van der Waals surface area contributed by atoms with E-state index < -0.39 is 4.92 Å². The number of carbonyl (C=O) groups excluding carboxylic acids is 1. The molecule has 2 aromatic carbocycles. The van der Waals surface area contributed by atoms with Gasteiger partial charge in [0.15, 0.2) is 10.1 Å². The van der Waals surface area contributed by atoms with Gasteiger partial charge in [-0.05, 0) is 43.2 Å². The molecule has 1 heterocycles. The number of thiocarbonyl (C=S) groups is 1. The molecule has 1 fully saturated rings. The van der Waals surface area contributed by atoms with Crippen LogP contribution >= 0.6 is 24.0 Å². The van der Waals surface area contributed by atoms with Crippen molar-refractivity contribution >= 4 is 51.7 Å². The van der Waals surface area contributed by atoms with Gasteiger partial charge in [-0.2, -0.15) is 0 Å². The van der Waals surface area contributed by atoms with Crippen LogP contribution in [0.1, 0.15) is 16.7 Å². The first-order valence-electron chi connectivity index (χ1n) is 7.99. The van der Waals surface area contributed by atoms with E-state index in [2.05, 4.69) is 0 Å². The topological polar surface area (TPSA) is 72.7 Å². The zero-order chi connectivity index (χ0) is 19.7. The Bertz CT molecular complexity index is 1000. The molecule has 0 spiro atoms. The molecule has 1 amide bonds. The van der Waals surface area contributed by atoms with E-state index in [0.717, 1.165) is 16.8 Å². The number of rotatable bonds is 4. The van der Waals surface area contributed by atoms with Gasteiger partial charge in [-0.3, -0.25) is 19.8 Å². The van der Waals surface area contributed by atoms with Crippen molar-refractivity contribution < 1.29 is 14.5 Å². The van der Waals surface area contributed by atoms with E-state index in [0.29, 0.717) is 14.8 Å². The molecule has 0 bridgehead atoms. The number of carbonyl (C=O) groups is 1. The van der Waals surface area contributed by atoms with Crippen LogP contribution in [0.25, 0.3) is 6.08 Å². The number of aryl methyl sites for hydroxylation is 2. The number of thioether (sulfide) groups is 1. The lowest BCUT2D eigenvalue weighted by Crippen LogP contribution is -2.28. The molecule has 1 saturated heterocycles. The van der Waals surface area contributed by atoms with E-state index in [1.807, 2.05) is 32.0 Å². The van der Waals surface area contributed by atoms with Crippen LogP contribution in [0.4, 0.5) is 11.4 Å². The van der Waals surface area contributed by atoms with Crippen molar-refractivity contribution in [3.63, 3.8) is 0 Å². The number of amides is 1. The minimum absolute atomic E-state index is 0.156. The Morgan fingerprint density at radius 1 is 1.22 bits per heavy atom. The lowest BCUT2D eigenvalue weighted by molar-refractivity contribution is -0.385. The molecule has 8 heteroatoms. The first-order valence-corrected chi connectivity index (χ1v) is 9.22. The maximum absolute atomic E-state index is 12.9. The molecule has 0 N–H and O–H groups in total. The second-order valence-electron chi connectivity index (χ2n) is 6.00. The summed E-state index contributed by atoms with van der Waals surface area (Å²) >= 11 is 6.57. The summed E-state index contributed by atoms with van der Waals surface area (Å²) in [6, 6.07) is 10.3. The molecule has 138 valence electrons. The molecular weight excluding hydrogens is 384 g/mol. The Labute approximate surface area is 166 Å². The Hall–Kier alpha value is -2.71. The summed E-state index contributed by atoms with van der Waals surface area (Å²) < 4.78 is 5.44. The fourth-order valence-electron chi connectivity index (χ4n) is 2.82. The third-order valence-corrected chi connectivity index (χ3v) is 5.39. The standard InChI is InChI=1S/C19H16N2O4S2/c1-11-4-6-14(12(2)8-11)20-18(22)17(27-19(20)26)10-13-5-7-16(25-3)15(9-13)21(23)24/h4-10H,1-3H3/b17-10-. The number of nitro groups is 1. The summed E-state index contributed by atoms with van der Waals surface area (Å²) in [6.45, 7) is 3.91. The molecule has 3 rings (SSSR count). The summed E-state index contributed by atoms with van der Waals surface area (Å²) in [6.07, 6.45) is 1.61. The fourth-order valence-corrected chi connectivity index (χ4v) is 4.11. The van der Waals surface area contributed by atoms with E-state index in [1.54, 1.807) is 12.1 Å². The molecule has 0 aliphatic carbocycles. The van der Waals surface area contributed by atoms with Gasteiger partial charge in [-0.15, -0.1) is 0 Å². The molecule has 0 saturated carbocycles. The number of nitrogens with zero attached hydrogens (tertiary/aromatic N) is 2. The molecule has 2 aromatic rings. The van der Waals surface area contributed by atoms with Gasteiger partial charge in [0.2, 0.25) is 0 Å². The molecular formula is C19H16N2O4S2. The zero-order valence-electron chi connectivity index (χ0n) is 14.9. The average Bonchev–Trinajstić information content (AvgIpc) is 2.89. The largest absolute Gasteiger partial charge is 0.490 e. The normalized spacial score (nSPS) is 15.5. The molecule has 0 atom stereocenters. The van der Waals surface area contributed by atoms with Gasteiger partial charge >= 0.3 is 5.69 Å². The van der Waals surface area contributed by atoms with Crippen LogP contribution in [-0.4, -0.2) is 22.3 Å². The SMILES string of the molecule is COc1ccc(/C=C2\SC(=S)N(c3ccc(C)cc3C)C2=O)cc1[N+](=O)[O-]. The highest BCUT2D eigenvalue weighted by Gasteiger charge is 2.34. The van der Waals surface area contributed by atoms with Crippen molar-refractivity contribution in [2.75, 3.05) is 12.0 Å². The van der Waals surface area contributed by atoms with Crippen molar-refractivity contribution in [2.45, 2.75) is 13.8 Å². The molecule has 1 aliphatic rings. The number of methoxy groups -OCH3 is 1. The van der Waals surface area contributed by atoms with Gasteiger partial charge in [0.1, 0.15) is 0 Å². The first-order chi connectivity index (χ1) is 12.8. The van der Waals surface area contributed by atoms with Crippen LogP contribution in [0.2, 0.25) is 0 Å². The van der Waals surface area contributed by atoms with E-state index in [1.165, 1.54) is 35.9 Å². The molecule has 0 radical (unpaired) electrons. The van der Waals surface area contributed by atoms with Crippen LogP contribution in [-0.2, 0) is 4.79 Å². The van der Waals surface area contributed by atoms with Crippen LogP contribution < -0.4 is 9.64 Å². The van der Waals surface area contributed by atoms with Crippen molar-refractivity contribution in [1.82, 2.24) is 0 Å². The number of nitro benzene ring substituents is 1. The fraction of sp³-hybridized carbons (Fsp3) is 0.158. The van der Waals surface area contributed by atoms with Crippen LogP contribution in [0, 0.1) is 24.0 Å². The van der Waals surface area contributed by atoms with Gasteiger partial charge in [-0.1, -0.05) is 47.7 Å². The van der Waals surface area contributed by atoms with Gasteiger partial charge < -0.3 is 4.74 Å². The number of hydrogen-bond donors (Lipinski definition) is 0. The third kappa shape index (κ3) is 3.72. The van der Waals surface area contributed by atoms with Crippen molar-refractivity contribution in [1.29, 1.82) is 0 Å². The second kappa shape index (κ2) is 7.50. The zero-order valence-corrected chi connectivity index (χ0v) is 16.5. The summed E-state index contributed by atoms with van der Waals surface area (Å²) in [5, 5.41) is 11.2. The monoisotopic (exact) mass is 400 g/mol. The van der Waals surface area contributed by atoms with E-state index in [-0.39, 0.29) is 17.3 Å². The van der Waals surface area contributed by atoms with Crippen molar-refractivity contribution in [3.8, 4) is 5.75 Å². The predicted octanol–water partition coefficient (Wildman–Crippen LogP) is 4.63. The highest BCUT2D eigenvalue weighted by Crippen LogP contribution is 2.38. The van der Waals surface area contributed by atoms with Gasteiger partial charge in [0.05, 0.1) is 22.6 Å². The number of anilines is 1. The lowest BCUT2D eigenvalue weighted by Gasteiger charge is -2.17. The highest BCUT2D eigenvalue weighted by atomic mass is 32.2. The van der Waals surface area contributed by atoms with Crippen molar-refractivity contribution in [3.05, 3.63) is 68.1 Å². The third-order valence-electron chi connectivity index (χ3n) is 4.08. The Morgan fingerprint density at radius 2 is 1.96 bits per heavy atom. The van der Waals surface area contributed by atoms with Gasteiger partial charge in [0, 0.05) is 6.07 Å². The first kappa shape index (κ1) is 19.1. The lowest BCUT2D eigenvalue weighted by atomic mass is 10.1. The number of ether oxygens (including phenoxy) is 1. The van der Waals surface area contributed by atoms with Crippen molar-refractivity contribution in [2.24, 2.45) is 0 Å². The smallest absolute Gasteiger partial charge is 0.311 e. The van der Waals surface area contributed by atoms with Crippen LogP contribution in [0.15, 0.2) is 41.3 Å². The second-order valence-corrected chi connectivity index (χ2v) is 7.67. The van der Waals surface area contributed by atoms with Crippen LogP contribution in [0.5, 0.6) is 5.75 Å². The average molecular weight is 400 g/mol. The molecule has 6 nitrogen and oxygen atoms in total. The van der Waals surface area contributed by atoms with Crippen LogP contribution in [0.3, 0.4) is 0 Å². The minimum atomic E-state index is -0.517. The number of benzene rings is 2. The summed E-state index contributed by atoms with van der Waals surface area (Å²) in [5.74, 6) is -0.0737. The molecule has 0 aromatic heterocycles. The molecule has 0 unspecified atom stereocenters. The van der Waals surface area contributed by atoms with E-state index in [4.69, 9.17) is 17.0 Å². The maximum atomic E-state index is 12.9. The summed E-state index contributed by atoms with van der Waals surface area (Å²) in [5.41, 5.74) is 3.17. The quantitative estimate of drug-likeness (QED) is 0.323. The summed E-state index contributed by atoms with van der Waals surface area (Å²) in [4.78, 5) is 25.5. The van der Waals surface area contributed by atoms with Gasteiger partial charge in [0.25, 0.3) is 5.91 Å². The van der Waals surface area contributed by atoms with E-state index >= 15 is 0 Å². The Kier molecular flexibility index (Phi) is 5.29. The highest BCUT2D eigenvalue weighted by molar-refractivity contribution is 8.27. The Balaban J connectivity index is 1.97. The summed E-state index contributed by atoms with van der Waals surface area (Å²) in [7, 11) is 1.37. The number of hydrogen-bond acceptors (Lipinski definition) is 6. The molecule has 1 aliphatic heterocycles. The van der Waals surface area contributed by atoms with E-state index in [9.17, 15) is 14.9 Å².